The molecule has 0 bridgehead atoms. The monoisotopic (exact) mass is 324 g/mol. The summed E-state index contributed by atoms with van der Waals surface area (Å²) < 4.78 is 4.21. The summed E-state index contributed by atoms with van der Waals surface area (Å²) in [5.41, 5.74) is 2.44. The van der Waals surface area contributed by atoms with Gasteiger partial charge in [-0.15, -0.1) is 11.3 Å². The Kier molecular flexibility index (Phi) is 5.30. The minimum Gasteiger partial charge on any atom is -0.378 e. The van der Waals surface area contributed by atoms with Crippen molar-refractivity contribution in [2.24, 2.45) is 0 Å². The van der Waals surface area contributed by atoms with Crippen molar-refractivity contribution in [1.82, 2.24) is 14.7 Å². The Bertz CT molecular complexity index is 618. The van der Waals surface area contributed by atoms with Crippen molar-refractivity contribution < 1.29 is 4.79 Å². The molecule has 0 unspecified atom stereocenters. The van der Waals surface area contributed by atoms with Crippen LogP contribution in [0.3, 0.4) is 0 Å². The largest absolute Gasteiger partial charge is 0.378 e. The van der Waals surface area contributed by atoms with Gasteiger partial charge in [0, 0.05) is 31.3 Å². The van der Waals surface area contributed by atoms with E-state index in [2.05, 4.69) is 39.2 Å². The Morgan fingerprint density at radius 2 is 2.19 bits per heavy atom. The SMILES string of the molecule is CNc1snc(C)c1C(=O)NCCc1csc(C(C)C)n1. The van der Waals surface area contributed by atoms with E-state index in [1.807, 2.05) is 6.92 Å². The average molecular weight is 324 g/mol. The average Bonchev–Trinajstić information content (AvgIpc) is 3.05. The van der Waals surface area contributed by atoms with E-state index in [1.54, 1.807) is 18.4 Å². The molecule has 0 aliphatic heterocycles. The first-order chi connectivity index (χ1) is 10.0. The van der Waals surface area contributed by atoms with Crippen molar-refractivity contribution in [3.05, 3.63) is 27.3 Å². The molecular weight excluding hydrogens is 304 g/mol. The van der Waals surface area contributed by atoms with Crippen molar-refractivity contribution in [3.63, 3.8) is 0 Å². The number of nitrogens with one attached hydrogen (secondary N) is 2. The van der Waals surface area contributed by atoms with Crippen LogP contribution in [0.4, 0.5) is 5.00 Å². The number of carbonyl (C=O) groups excluding carboxylic acids is 1. The van der Waals surface area contributed by atoms with Crippen LogP contribution in [0.5, 0.6) is 0 Å². The molecule has 2 N–H and O–H groups in total. The van der Waals surface area contributed by atoms with E-state index >= 15 is 0 Å². The molecule has 7 heteroatoms. The summed E-state index contributed by atoms with van der Waals surface area (Å²) in [7, 11) is 1.80. The Morgan fingerprint density at radius 3 is 2.81 bits per heavy atom. The molecule has 0 aromatic carbocycles. The Labute approximate surface area is 133 Å². The molecule has 0 saturated carbocycles. The lowest BCUT2D eigenvalue weighted by Crippen LogP contribution is -2.26. The normalized spacial score (nSPS) is 10.9. The molecule has 0 radical (unpaired) electrons. The number of carbonyl (C=O) groups is 1. The van der Waals surface area contributed by atoms with Gasteiger partial charge in [0.25, 0.3) is 5.91 Å². The van der Waals surface area contributed by atoms with E-state index in [9.17, 15) is 4.79 Å². The van der Waals surface area contributed by atoms with Crippen molar-refractivity contribution in [1.29, 1.82) is 0 Å². The van der Waals surface area contributed by atoms with Crippen molar-refractivity contribution in [2.75, 3.05) is 18.9 Å². The molecule has 114 valence electrons. The molecule has 5 nitrogen and oxygen atoms in total. The molecular formula is C14H20N4OS2. The molecule has 0 aliphatic carbocycles. The zero-order chi connectivity index (χ0) is 15.4. The molecule has 0 saturated heterocycles. The summed E-state index contributed by atoms with van der Waals surface area (Å²) in [5, 5.41) is 9.96. The number of hydrogen-bond donors (Lipinski definition) is 2. The first-order valence-electron chi connectivity index (χ1n) is 6.89. The van der Waals surface area contributed by atoms with Gasteiger partial charge in [-0.05, 0) is 18.5 Å². The predicted molar refractivity (Wildman–Crippen MR) is 88.6 cm³/mol. The molecule has 0 spiro atoms. The van der Waals surface area contributed by atoms with Gasteiger partial charge in [0.15, 0.2) is 0 Å². The van der Waals surface area contributed by atoms with E-state index in [0.717, 1.165) is 27.8 Å². The molecule has 2 aromatic heterocycles. The number of aromatic nitrogens is 2. The highest BCUT2D eigenvalue weighted by atomic mass is 32.1. The van der Waals surface area contributed by atoms with Gasteiger partial charge in [0.05, 0.1) is 22.0 Å². The smallest absolute Gasteiger partial charge is 0.256 e. The zero-order valence-electron chi connectivity index (χ0n) is 12.7. The predicted octanol–water partition coefficient (Wildman–Crippen LogP) is 3.05. The van der Waals surface area contributed by atoms with Crippen LogP contribution >= 0.6 is 22.9 Å². The first-order valence-corrected chi connectivity index (χ1v) is 8.54. The maximum Gasteiger partial charge on any atom is 0.256 e. The number of aryl methyl sites for hydroxylation is 1. The number of thiazole rings is 1. The van der Waals surface area contributed by atoms with Crippen LogP contribution < -0.4 is 10.6 Å². The summed E-state index contributed by atoms with van der Waals surface area (Å²) in [4.78, 5) is 16.8. The third kappa shape index (κ3) is 3.79. The Balaban J connectivity index is 1.90. The van der Waals surface area contributed by atoms with Crippen LogP contribution in [0.25, 0.3) is 0 Å². The molecule has 2 aromatic rings. The summed E-state index contributed by atoms with van der Waals surface area (Å²) in [6.07, 6.45) is 0.750. The van der Waals surface area contributed by atoms with Gasteiger partial charge in [-0.25, -0.2) is 4.98 Å². The van der Waals surface area contributed by atoms with Gasteiger partial charge in [-0.2, -0.15) is 4.37 Å². The van der Waals surface area contributed by atoms with Crippen molar-refractivity contribution in [3.8, 4) is 0 Å². The fourth-order valence-electron chi connectivity index (χ4n) is 1.90. The molecule has 0 fully saturated rings. The maximum absolute atomic E-state index is 12.2. The number of amides is 1. The highest BCUT2D eigenvalue weighted by molar-refractivity contribution is 7.10. The second kappa shape index (κ2) is 7.00. The van der Waals surface area contributed by atoms with Crippen LogP contribution in [-0.4, -0.2) is 28.9 Å². The molecule has 2 rings (SSSR count). The Hall–Kier alpha value is -1.47. The van der Waals surface area contributed by atoms with E-state index in [1.165, 1.54) is 11.5 Å². The van der Waals surface area contributed by atoms with E-state index < -0.39 is 0 Å². The molecule has 2 heterocycles. The molecule has 0 aliphatic rings. The van der Waals surface area contributed by atoms with Crippen LogP contribution in [0.1, 0.15) is 46.5 Å². The summed E-state index contributed by atoms with van der Waals surface area (Å²) in [6, 6.07) is 0. The number of rotatable bonds is 6. The number of anilines is 1. The van der Waals surface area contributed by atoms with Gasteiger partial charge in [-0.1, -0.05) is 13.8 Å². The maximum atomic E-state index is 12.2. The Morgan fingerprint density at radius 1 is 1.43 bits per heavy atom. The molecule has 0 atom stereocenters. The molecule has 1 amide bonds. The fourth-order valence-corrected chi connectivity index (χ4v) is 3.51. The lowest BCUT2D eigenvalue weighted by atomic mass is 10.2. The summed E-state index contributed by atoms with van der Waals surface area (Å²) in [5.74, 6) is 0.376. The second-order valence-electron chi connectivity index (χ2n) is 5.06. The van der Waals surface area contributed by atoms with Gasteiger partial charge >= 0.3 is 0 Å². The van der Waals surface area contributed by atoms with Gasteiger partial charge in [-0.3, -0.25) is 4.79 Å². The fraction of sp³-hybridized carbons (Fsp3) is 0.500. The van der Waals surface area contributed by atoms with Gasteiger partial charge in [0.1, 0.15) is 5.00 Å². The van der Waals surface area contributed by atoms with E-state index in [0.29, 0.717) is 18.0 Å². The van der Waals surface area contributed by atoms with Gasteiger partial charge < -0.3 is 10.6 Å². The highest BCUT2D eigenvalue weighted by Gasteiger charge is 2.17. The number of nitrogens with zero attached hydrogens (tertiary/aromatic N) is 2. The van der Waals surface area contributed by atoms with Crippen LogP contribution in [-0.2, 0) is 6.42 Å². The summed E-state index contributed by atoms with van der Waals surface area (Å²) in [6.45, 7) is 6.70. The van der Waals surface area contributed by atoms with Crippen molar-refractivity contribution >= 4 is 33.8 Å². The van der Waals surface area contributed by atoms with Crippen molar-refractivity contribution in [2.45, 2.75) is 33.1 Å². The number of hydrogen-bond acceptors (Lipinski definition) is 6. The molecule has 21 heavy (non-hydrogen) atoms. The topological polar surface area (TPSA) is 66.9 Å². The van der Waals surface area contributed by atoms with E-state index in [4.69, 9.17) is 0 Å². The lowest BCUT2D eigenvalue weighted by Gasteiger charge is -2.05. The standard InChI is InChI=1S/C14H20N4OS2/c1-8(2)13-17-10(7-20-13)5-6-16-12(19)11-9(3)18-21-14(11)15-4/h7-8,15H,5-6H2,1-4H3,(H,16,19). The quantitative estimate of drug-likeness (QED) is 0.857. The summed E-state index contributed by atoms with van der Waals surface area (Å²) >= 11 is 2.99. The van der Waals surface area contributed by atoms with Crippen LogP contribution in [0, 0.1) is 6.92 Å². The lowest BCUT2D eigenvalue weighted by molar-refractivity contribution is 0.0954. The third-order valence-electron chi connectivity index (χ3n) is 3.05. The third-order valence-corrected chi connectivity index (χ3v) is 5.20. The zero-order valence-corrected chi connectivity index (χ0v) is 14.3. The second-order valence-corrected chi connectivity index (χ2v) is 6.72. The van der Waals surface area contributed by atoms with Crippen LogP contribution in [0.15, 0.2) is 5.38 Å². The van der Waals surface area contributed by atoms with Gasteiger partial charge in [0.2, 0.25) is 0 Å². The van der Waals surface area contributed by atoms with E-state index in [-0.39, 0.29) is 5.91 Å². The first kappa shape index (κ1) is 15.9. The van der Waals surface area contributed by atoms with Crippen LogP contribution in [0.2, 0.25) is 0 Å². The minimum absolute atomic E-state index is 0.0788. The minimum atomic E-state index is -0.0788. The highest BCUT2D eigenvalue weighted by Crippen LogP contribution is 2.23.